The van der Waals surface area contributed by atoms with Crippen molar-refractivity contribution in [2.45, 2.75) is 58.9 Å². The predicted molar refractivity (Wildman–Crippen MR) is 72.0 cm³/mol. The van der Waals surface area contributed by atoms with Crippen LogP contribution in [0.4, 0.5) is 0 Å². The molecular weight excluding hydrogens is 216 g/mol. The summed E-state index contributed by atoms with van der Waals surface area (Å²) in [4.78, 5) is 4.68. The van der Waals surface area contributed by atoms with Crippen LogP contribution < -0.4 is 5.32 Å². The SMILES string of the molecule is CCCNC(CC)(CCC)c1nc(C)cs1. The Morgan fingerprint density at radius 3 is 2.50 bits per heavy atom. The first-order valence-electron chi connectivity index (χ1n) is 6.36. The van der Waals surface area contributed by atoms with E-state index < -0.39 is 0 Å². The number of thiazole rings is 1. The van der Waals surface area contributed by atoms with E-state index in [-0.39, 0.29) is 5.54 Å². The van der Waals surface area contributed by atoms with E-state index in [4.69, 9.17) is 0 Å². The minimum atomic E-state index is 0.115. The summed E-state index contributed by atoms with van der Waals surface area (Å²) in [6.45, 7) is 9.87. The number of hydrogen-bond donors (Lipinski definition) is 1. The highest BCUT2D eigenvalue weighted by Crippen LogP contribution is 2.32. The topological polar surface area (TPSA) is 24.9 Å². The summed E-state index contributed by atoms with van der Waals surface area (Å²) >= 11 is 1.80. The van der Waals surface area contributed by atoms with Gasteiger partial charge in [-0.2, -0.15) is 0 Å². The molecule has 0 bridgehead atoms. The molecular formula is C13H24N2S. The molecule has 92 valence electrons. The fourth-order valence-electron chi connectivity index (χ4n) is 2.09. The molecule has 0 aliphatic rings. The molecule has 2 nitrogen and oxygen atoms in total. The molecule has 3 heteroatoms. The zero-order valence-corrected chi connectivity index (χ0v) is 11.8. The van der Waals surface area contributed by atoms with Crippen LogP contribution in [0.2, 0.25) is 0 Å². The van der Waals surface area contributed by atoms with E-state index in [2.05, 4.69) is 43.4 Å². The van der Waals surface area contributed by atoms with Crippen molar-refractivity contribution in [3.63, 3.8) is 0 Å². The summed E-state index contributed by atoms with van der Waals surface area (Å²) in [6, 6.07) is 0. The molecule has 0 saturated carbocycles. The third kappa shape index (κ3) is 3.05. The van der Waals surface area contributed by atoms with Gasteiger partial charge in [0.1, 0.15) is 5.01 Å². The number of nitrogens with one attached hydrogen (secondary N) is 1. The fourth-order valence-corrected chi connectivity index (χ4v) is 3.16. The summed E-state index contributed by atoms with van der Waals surface area (Å²) in [7, 11) is 0. The number of rotatable bonds is 7. The molecule has 1 aromatic rings. The Labute approximate surface area is 103 Å². The maximum absolute atomic E-state index is 4.68. The molecule has 1 N–H and O–H groups in total. The van der Waals surface area contributed by atoms with Gasteiger partial charge in [0.15, 0.2) is 0 Å². The Bertz CT molecular complexity index is 309. The van der Waals surface area contributed by atoms with Crippen molar-refractivity contribution in [2.24, 2.45) is 0 Å². The number of hydrogen-bond acceptors (Lipinski definition) is 3. The quantitative estimate of drug-likeness (QED) is 0.783. The lowest BCUT2D eigenvalue weighted by molar-refractivity contribution is 0.293. The van der Waals surface area contributed by atoms with Crippen LogP contribution in [0.3, 0.4) is 0 Å². The van der Waals surface area contributed by atoms with Crippen molar-refractivity contribution in [2.75, 3.05) is 6.54 Å². The Morgan fingerprint density at radius 1 is 1.31 bits per heavy atom. The highest BCUT2D eigenvalue weighted by Gasteiger charge is 2.31. The number of nitrogens with zero attached hydrogens (tertiary/aromatic N) is 1. The first-order valence-corrected chi connectivity index (χ1v) is 7.24. The molecule has 16 heavy (non-hydrogen) atoms. The first kappa shape index (κ1) is 13.7. The second kappa shape index (κ2) is 6.36. The van der Waals surface area contributed by atoms with Crippen molar-refractivity contribution in [3.8, 4) is 0 Å². The van der Waals surface area contributed by atoms with Crippen LogP contribution in [-0.2, 0) is 5.54 Å². The van der Waals surface area contributed by atoms with E-state index in [1.807, 2.05) is 0 Å². The highest BCUT2D eigenvalue weighted by atomic mass is 32.1. The zero-order valence-electron chi connectivity index (χ0n) is 11.0. The molecule has 1 atom stereocenters. The molecule has 1 aromatic heterocycles. The lowest BCUT2D eigenvalue weighted by Crippen LogP contribution is -2.42. The van der Waals surface area contributed by atoms with Crippen LogP contribution in [0.25, 0.3) is 0 Å². The predicted octanol–water partition coefficient (Wildman–Crippen LogP) is 3.86. The second-order valence-corrected chi connectivity index (χ2v) is 5.26. The minimum Gasteiger partial charge on any atom is -0.305 e. The molecule has 0 saturated heterocycles. The van der Waals surface area contributed by atoms with Gasteiger partial charge in [0.05, 0.1) is 5.54 Å². The van der Waals surface area contributed by atoms with Gasteiger partial charge in [-0.05, 0) is 32.7 Å². The Morgan fingerprint density at radius 2 is 2.06 bits per heavy atom. The third-order valence-corrected chi connectivity index (χ3v) is 4.19. The van der Waals surface area contributed by atoms with Gasteiger partial charge >= 0.3 is 0 Å². The standard InChI is InChI=1S/C13H24N2S/c1-5-8-13(7-3,14-9-6-2)12-15-11(4)10-16-12/h10,14H,5-9H2,1-4H3. The normalized spacial score (nSPS) is 15.0. The van der Waals surface area contributed by atoms with E-state index >= 15 is 0 Å². The van der Waals surface area contributed by atoms with Gasteiger partial charge in [-0.15, -0.1) is 11.3 Å². The maximum Gasteiger partial charge on any atom is 0.113 e. The highest BCUT2D eigenvalue weighted by molar-refractivity contribution is 7.09. The van der Waals surface area contributed by atoms with E-state index in [0.717, 1.165) is 18.7 Å². The van der Waals surface area contributed by atoms with Gasteiger partial charge in [0.2, 0.25) is 0 Å². The number of aromatic nitrogens is 1. The average Bonchev–Trinajstić information content (AvgIpc) is 2.72. The van der Waals surface area contributed by atoms with E-state index in [0.29, 0.717) is 0 Å². The Kier molecular flexibility index (Phi) is 5.42. The summed E-state index contributed by atoms with van der Waals surface area (Å²) in [5, 5.41) is 7.13. The summed E-state index contributed by atoms with van der Waals surface area (Å²) < 4.78 is 0. The van der Waals surface area contributed by atoms with E-state index in [1.54, 1.807) is 11.3 Å². The summed E-state index contributed by atoms with van der Waals surface area (Å²) in [6.07, 6.45) is 4.67. The maximum atomic E-state index is 4.68. The smallest absolute Gasteiger partial charge is 0.113 e. The molecule has 0 aliphatic carbocycles. The van der Waals surface area contributed by atoms with Crippen molar-refractivity contribution < 1.29 is 0 Å². The van der Waals surface area contributed by atoms with Crippen LogP contribution in [0.1, 0.15) is 57.2 Å². The van der Waals surface area contributed by atoms with Gasteiger partial charge in [0.25, 0.3) is 0 Å². The molecule has 0 fully saturated rings. The molecule has 0 aromatic carbocycles. The van der Waals surface area contributed by atoms with Crippen LogP contribution in [-0.4, -0.2) is 11.5 Å². The fraction of sp³-hybridized carbons (Fsp3) is 0.769. The summed E-state index contributed by atoms with van der Waals surface area (Å²) in [5.74, 6) is 0. The average molecular weight is 240 g/mol. The van der Waals surface area contributed by atoms with Gasteiger partial charge < -0.3 is 5.32 Å². The largest absolute Gasteiger partial charge is 0.305 e. The van der Waals surface area contributed by atoms with Gasteiger partial charge in [-0.3, -0.25) is 0 Å². The molecule has 0 radical (unpaired) electrons. The van der Waals surface area contributed by atoms with Crippen LogP contribution in [0, 0.1) is 6.92 Å². The lowest BCUT2D eigenvalue weighted by atomic mass is 9.91. The van der Waals surface area contributed by atoms with Gasteiger partial charge in [0, 0.05) is 11.1 Å². The number of aryl methyl sites for hydroxylation is 1. The molecule has 0 aliphatic heterocycles. The molecule has 1 rings (SSSR count). The third-order valence-electron chi connectivity index (χ3n) is 3.02. The minimum absolute atomic E-state index is 0.115. The first-order chi connectivity index (χ1) is 7.68. The van der Waals surface area contributed by atoms with Crippen LogP contribution in [0.5, 0.6) is 0 Å². The van der Waals surface area contributed by atoms with Crippen LogP contribution >= 0.6 is 11.3 Å². The van der Waals surface area contributed by atoms with E-state index in [1.165, 1.54) is 24.3 Å². The summed E-state index contributed by atoms with van der Waals surface area (Å²) in [5.41, 5.74) is 1.26. The second-order valence-electron chi connectivity index (χ2n) is 4.41. The van der Waals surface area contributed by atoms with Gasteiger partial charge in [-0.1, -0.05) is 27.2 Å². The van der Waals surface area contributed by atoms with Crippen molar-refractivity contribution >= 4 is 11.3 Å². The van der Waals surface area contributed by atoms with Crippen molar-refractivity contribution in [1.82, 2.24) is 10.3 Å². The van der Waals surface area contributed by atoms with E-state index in [9.17, 15) is 0 Å². The van der Waals surface area contributed by atoms with Gasteiger partial charge in [-0.25, -0.2) is 4.98 Å². The monoisotopic (exact) mass is 240 g/mol. The molecule has 0 spiro atoms. The lowest BCUT2D eigenvalue weighted by Gasteiger charge is -2.32. The zero-order chi connectivity index (χ0) is 12.0. The van der Waals surface area contributed by atoms with Crippen LogP contribution in [0.15, 0.2) is 5.38 Å². The molecule has 1 unspecified atom stereocenters. The Hall–Kier alpha value is -0.410. The molecule has 0 amide bonds. The van der Waals surface area contributed by atoms with Crippen molar-refractivity contribution in [1.29, 1.82) is 0 Å². The Balaban J connectivity index is 2.91. The molecule has 1 heterocycles. The van der Waals surface area contributed by atoms with Crippen molar-refractivity contribution in [3.05, 3.63) is 16.1 Å².